The van der Waals surface area contributed by atoms with E-state index in [1.807, 2.05) is 0 Å². The highest BCUT2D eigenvalue weighted by atomic mass is 32.2. The fourth-order valence-electron chi connectivity index (χ4n) is 4.57. The minimum absolute atomic E-state index is 0.333. The first-order chi connectivity index (χ1) is 13.0. The largest absolute Gasteiger partial charge is 0.333 e. The molecule has 1 unspecified atom stereocenters. The summed E-state index contributed by atoms with van der Waals surface area (Å²) in [6.45, 7) is 0.984. The van der Waals surface area contributed by atoms with Crippen molar-refractivity contribution in [3.8, 4) is 0 Å². The van der Waals surface area contributed by atoms with Gasteiger partial charge in [0, 0.05) is 17.1 Å². The number of nitrogens with one attached hydrogen (secondary N) is 3. The number of fused-ring (bicyclic) bond motifs is 2. The lowest BCUT2D eigenvalue weighted by molar-refractivity contribution is 0.256. The van der Waals surface area contributed by atoms with Crippen molar-refractivity contribution in [2.45, 2.75) is 63.8 Å². The van der Waals surface area contributed by atoms with Crippen LogP contribution in [0.3, 0.4) is 0 Å². The van der Waals surface area contributed by atoms with Gasteiger partial charge in [0.05, 0.1) is 0 Å². The van der Waals surface area contributed by atoms with E-state index in [2.05, 4.69) is 21.4 Å². The van der Waals surface area contributed by atoms with Gasteiger partial charge in [-0.15, -0.1) is 0 Å². The Kier molecular flexibility index (Phi) is 5.23. The van der Waals surface area contributed by atoms with E-state index < -0.39 is 16.1 Å². The summed E-state index contributed by atoms with van der Waals surface area (Å²) in [6, 6.07) is 1.94. The molecule has 0 saturated carbocycles. The second-order valence-corrected chi connectivity index (χ2v) is 9.30. The van der Waals surface area contributed by atoms with Crippen LogP contribution in [-0.4, -0.2) is 27.0 Å². The Bertz CT molecular complexity index is 839. The lowest BCUT2D eigenvalue weighted by Gasteiger charge is -2.16. The van der Waals surface area contributed by atoms with Gasteiger partial charge < -0.3 is 10.6 Å². The Morgan fingerprint density at radius 3 is 2.44 bits per heavy atom. The highest BCUT2D eigenvalue weighted by Gasteiger charge is 2.25. The monoisotopic (exact) mass is 389 g/mol. The molecule has 1 atom stereocenters. The van der Waals surface area contributed by atoms with E-state index in [1.54, 1.807) is 6.08 Å². The molecule has 6 nitrogen and oxygen atoms in total. The fourth-order valence-corrected chi connectivity index (χ4v) is 5.32. The number of urea groups is 1. The molecule has 1 aromatic rings. The van der Waals surface area contributed by atoms with Crippen molar-refractivity contribution in [1.29, 1.82) is 0 Å². The lowest BCUT2D eigenvalue weighted by Crippen LogP contribution is -2.33. The second-order valence-electron chi connectivity index (χ2n) is 7.74. The zero-order valence-corrected chi connectivity index (χ0v) is 16.3. The molecule has 1 heterocycles. The lowest BCUT2D eigenvalue weighted by atomic mass is 9.99. The summed E-state index contributed by atoms with van der Waals surface area (Å²) in [5.41, 5.74) is 5.83. The van der Waals surface area contributed by atoms with Gasteiger partial charge in [-0.05, 0) is 86.6 Å². The quantitative estimate of drug-likeness (QED) is 0.723. The third-order valence-corrected chi connectivity index (χ3v) is 6.83. The molecule has 3 aliphatic rings. The maximum Gasteiger partial charge on any atom is 0.333 e. The van der Waals surface area contributed by atoms with Crippen molar-refractivity contribution in [2.75, 3.05) is 11.9 Å². The van der Waals surface area contributed by atoms with E-state index in [0.29, 0.717) is 12.5 Å². The number of anilines is 1. The van der Waals surface area contributed by atoms with E-state index in [4.69, 9.17) is 0 Å². The maximum absolute atomic E-state index is 12.4. The number of amides is 2. The SMILES string of the molecule is O=C(Nc1c2c(cc3c1CCC3)CCC2)NS(=O)(=O)/C=C/CC1CCCN1. The van der Waals surface area contributed by atoms with Crippen molar-refractivity contribution in [3.05, 3.63) is 39.8 Å². The summed E-state index contributed by atoms with van der Waals surface area (Å²) in [5.74, 6) is 0. The normalized spacial score (nSPS) is 21.4. The molecule has 0 radical (unpaired) electrons. The summed E-state index contributed by atoms with van der Waals surface area (Å²) >= 11 is 0. The van der Waals surface area contributed by atoms with Crippen molar-refractivity contribution in [3.63, 3.8) is 0 Å². The topological polar surface area (TPSA) is 87.3 Å². The number of carbonyl (C=O) groups is 1. The molecular weight excluding hydrogens is 362 g/mol. The molecular formula is C20H27N3O3S. The number of hydrogen-bond acceptors (Lipinski definition) is 4. The number of benzene rings is 1. The molecule has 3 N–H and O–H groups in total. The van der Waals surface area contributed by atoms with Crippen LogP contribution in [0.15, 0.2) is 17.6 Å². The van der Waals surface area contributed by atoms with Crippen LogP contribution < -0.4 is 15.4 Å². The van der Waals surface area contributed by atoms with Gasteiger partial charge in [0.2, 0.25) is 0 Å². The number of hydrogen-bond donors (Lipinski definition) is 3. The molecule has 27 heavy (non-hydrogen) atoms. The average Bonchev–Trinajstić information content (AvgIpc) is 3.34. The minimum atomic E-state index is -3.79. The Balaban J connectivity index is 1.43. The fraction of sp³-hybridized carbons (Fsp3) is 0.550. The van der Waals surface area contributed by atoms with Crippen molar-refractivity contribution in [1.82, 2.24) is 10.0 Å². The van der Waals surface area contributed by atoms with Gasteiger partial charge in [0.25, 0.3) is 10.0 Å². The standard InChI is InChI=1S/C20H27N3O3S/c24-20(23-27(25,26)12-4-8-16-7-3-11-21-16)22-19-17-9-1-5-14(17)13-15-6-2-10-18(15)19/h4,12-13,16,21H,1-3,5-11H2,(H2,22,23,24)/b12-4+. The van der Waals surface area contributed by atoms with Crippen LogP contribution in [0.1, 0.15) is 54.4 Å². The van der Waals surface area contributed by atoms with E-state index in [-0.39, 0.29) is 0 Å². The molecule has 1 aromatic carbocycles. The molecule has 1 aliphatic heterocycles. The minimum Gasteiger partial charge on any atom is -0.314 e. The molecule has 0 aromatic heterocycles. The van der Waals surface area contributed by atoms with E-state index in [0.717, 1.165) is 69.0 Å². The van der Waals surface area contributed by atoms with Gasteiger partial charge in [0.1, 0.15) is 0 Å². The second kappa shape index (κ2) is 7.64. The van der Waals surface area contributed by atoms with E-state index >= 15 is 0 Å². The van der Waals surface area contributed by atoms with Crippen LogP contribution in [0.25, 0.3) is 0 Å². The van der Waals surface area contributed by atoms with Gasteiger partial charge in [-0.1, -0.05) is 12.1 Å². The molecule has 4 rings (SSSR count). The molecule has 2 amide bonds. The maximum atomic E-state index is 12.4. The molecule has 1 fully saturated rings. The Hall–Kier alpha value is -1.86. The van der Waals surface area contributed by atoms with E-state index in [1.165, 1.54) is 22.3 Å². The Labute approximate surface area is 160 Å². The summed E-state index contributed by atoms with van der Waals surface area (Å²) in [6.07, 6.45) is 10.6. The van der Waals surface area contributed by atoms with Gasteiger partial charge in [-0.2, -0.15) is 0 Å². The average molecular weight is 390 g/mol. The Morgan fingerprint density at radius 2 is 1.81 bits per heavy atom. The summed E-state index contributed by atoms with van der Waals surface area (Å²) in [4.78, 5) is 12.4. The van der Waals surface area contributed by atoms with Crippen molar-refractivity contribution in [2.24, 2.45) is 0 Å². The van der Waals surface area contributed by atoms with Gasteiger partial charge in [-0.25, -0.2) is 17.9 Å². The third-order valence-electron chi connectivity index (χ3n) is 5.80. The first kappa shape index (κ1) is 18.5. The van der Waals surface area contributed by atoms with Crippen molar-refractivity contribution < 1.29 is 13.2 Å². The zero-order chi connectivity index (χ0) is 18.9. The van der Waals surface area contributed by atoms with E-state index in [9.17, 15) is 13.2 Å². The van der Waals surface area contributed by atoms with Gasteiger partial charge in [-0.3, -0.25) is 0 Å². The number of carbonyl (C=O) groups excluding carboxylic acids is 1. The van der Waals surface area contributed by atoms with Crippen LogP contribution in [0.5, 0.6) is 0 Å². The molecule has 0 spiro atoms. The third kappa shape index (κ3) is 4.19. The summed E-state index contributed by atoms with van der Waals surface area (Å²) < 4.78 is 26.5. The van der Waals surface area contributed by atoms with Gasteiger partial charge >= 0.3 is 6.03 Å². The number of rotatable bonds is 5. The van der Waals surface area contributed by atoms with Crippen LogP contribution in [0.4, 0.5) is 10.5 Å². The van der Waals surface area contributed by atoms with Crippen LogP contribution in [0.2, 0.25) is 0 Å². The summed E-state index contributed by atoms with van der Waals surface area (Å²) in [5, 5.41) is 7.28. The summed E-state index contributed by atoms with van der Waals surface area (Å²) in [7, 11) is -3.79. The number of sulfonamides is 1. The smallest absolute Gasteiger partial charge is 0.314 e. The van der Waals surface area contributed by atoms with Crippen LogP contribution >= 0.6 is 0 Å². The zero-order valence-electron chi connectivity index (χ0n) is 15.5. The molecule has 146 valence electrons. The van der Waals surface area contributed by atoms with Crippen LogP contribution in [-0.2, 0) is 35.7 Å². The predicted octanol–water partition coefficient (Wildman–Crippen LogP) is 2.77. The predicted molar refractivity (Wildman–Crippen MR) is 106 cm³/mol. The van der Waals surface area contributed by atoms with Gasteiger partial charge in [0.15, 0.2) is 0 Å². The molecule has 2 aliphatic carbocycles. The van der Waals surface area contributed by atoms with Crippen LogP contribution in [0, 0.1) is 0 Å². The first-order valence-electron chi connectivity index (χ1n) is 9.92. The molecule has 0 bridgehead atoms. The molecule has 1 saturated heterocycles. The number of aryl methyl sites for hydroxylation is 2. The highest BCUT2D eigenvalue weighted by molar-refractivity contribution is 7.92. The first-order valence-corrected chi connectivity index (χ1v) is 11.5. The van der Waals surface area contributed by atoms with Crippen molar-refractivity contribution >= 4 is 21.7 Å². The molecule has 7 heteroatoms. The Morgan fingerprint density at radius 1 is 1.11 bits per heavy atom. The highest BCUT2D eigenvalue weighted by Crippen LogP contribution is 2.38.